The lowest BCUT2D eigenvalue weighted by Gasteiger charge is -2.29. The van der Waals surface area contributed by atoms with Crippen LogP contribution in [-0.2, 0) is 0 Å². The molecule has 2 saturated carbocycles. The third-order valence-electron chi connectivity index (χ3n) is 10.6. The first-order chi connectivity index (χ1) is 19.1. The summed E-state index contributed by atoms with van der Waals surface area (Å²) in [7, 11) is 0. The zero-order chi connectivity index (χ0) is 27.2. The minimum absolute atomic E-state index is 0.0207. The van der Waals surface area contributed by atoms with Crippen molar-refractivity contribution in [3.8, 4) is 0 Å². The normalized spacial score (nSPS) is 27.8. The van der Waals surface area contributed by atoms with Crippen LogP contribution in [0.5, 0.6) is 0 Å². The lowest BCUT2D eigenvalue weighted by molar-refractivity contribution is 0.302. The Labute approximate surface area is 236 Å². The molecular formula is C37H50F2. The van der Waals surface area contributed by atoms with Crippen LogP contribution in [0.15, 0.2) is 42.5 Å². The minimum Gasteiger partial charge on any atom is -0.207 e. The van der Waals surface area contributed by atoms with Crippen LogP contribution in [0.1, 0.15) is 157 Å². The van der Waals surface area contributed by atoms with Gasteiger partial charge in [-0.1, -0.05) is 76.3 Å². The van der Waals surface area contributed by atoms with E-state index in [-0.39, 0.29) is 17.6 Å². The Kier molecular flexibility index (Phi) is 9.96. The van der Waals surface area contributed by atoms with Crippen LogP contribution in [-0.4, -0.2) is 0 Å². The van der Waals surface area contributed by atoms with E-state index in [1.165, 1.54) is 81.8 Å². The van der Waals surface area contributed by atoms with Crippen LogP contribution >= 0.6 is 0 Å². The molecule has 2 aromatic carbocycles. The van der Waals surface area contributed by atoms with Gasteiger partial charge in [-0.15, -0.1) is 0 Å². The fraction of sp³-hybridized carbons (Fsp3) is 0.622. The molecule has 1 unspecified atom stereocenters. The summed E-state index contributed by atoms with van der Waals surface area (Å²) < 4.78 is 30.5. The van der Waals surface area contributed by atoms with Crippen molar-refractivity contribution in [1.29, 1.82) is 0 Å². The van der Waals surface area contributed by atoms with Gasteiger partial charge in [0, 0.05) is 0 Å². The molecule has 0 aromatic heterocycles. The molecule has 39 heavy (non-hydrogen) atoms. The highest BCUT2D eigenvalue weighted by molar-refractivity contribution is 5.67. The number of unbranched alkanes of at least 4 members (excludes halogenated alkanes) is 2. The topological polar surface area (TPSA) is 0 Å². The van der Waals surface area contributed by atoms with Crippen molar-refractivity contribution in [2.24, 2.45) is 11.8 Å². The summed E-state index contributed by atoms with van der Waals surface area (Å²) in [5.74, 6) is 2.76. The fourth-order valence-corrected chi connectivity index (χ4v) is 7.91. The van der Waals surface area contributed by atoms with E-state index in [0.29, 0.717) is 11.8 Å². The molecule has 3 aliphatic rings. The van der Waals surface area contributed by atoms with Gasteiger partial charge in [0.1, 0.15) is 11.6 Å². The summed E-state index contributed by atoms with van der Waals surface area (Å²) in [5, 5.41) is 0. The zero-order valence-electron chi connectivity index (χ0n) is 24.5. The summed E-state index contributed by atoms with van der Waals surface area (Å²) in [6.45, 7) is 4.54. The standard InChI is InChI=1S/C37H50F2/c1-3-5-6-7-27-10-12-28(13-11-27)32-20-23-35(37(39)24-32)31-18-16-29(17-19-31)33-21-22-34(36(38)25-33)30-14-8-26(4-2)9-15-30/h16,20-28,30-31H,3-15,17-19H2,1-2H3. The van der Waals surface area contributed by atoms with Gasteiger partial charge < -0.3 is 0 Å². The second-order valence-electron chi connectivity index (χ2n) is 13.1. The van der Waals surface area contributed by atoms with Gasteiger partial charge >= 0.3 is 0 Å². The fourth-order valence-electron chi connectivity index (χ4n) is 7.91. The third-order valence-corrected chi connectivity index (χ3v) is 10.6. The summed E-state index contributed by atoms with van der Waals surface area (Å²) in [5.41, 5.74) is 5.22. The van der Waals surface area contributed by atoms with E-state index in [4.69, 9.17) is 0 Å². The molecular weight excluding hydrogens is 482 g/mol. The smallest absolute Gasteiger partial charge is 0.127 e. The molecule has 0 N–H and O–H groups in total. The Morgan fingerprint density at radius 3 is 1.97 bits per heavy atom. The van der Waals surface area contributed by atoms with Crippen molar-refractivity contribution < 1.29 is 8.78 Å². The number of hydrogen-bond acceptors (Lipinski definition) is 0. The third kappa shape index (κ3) is 7.04. The van der Waals surface area contributed by atoms with Gasteiger partial charge in [0.05, 0.1) is 0 Å². The molecule has 2 aromatic rings. The highest BCUT2D eigenvalue weighted by atomic mass is 19.1. The molecule has 0 spiro atoms. The Morgan fingerprint density at radius 2 is 1.33 bits per heavy atom. The monoisotopic (exact) mass is 532 g/mol. The minimum atomic E-state index is -0.0351. The van der Waals surface area contributed by atoms with Crippen molar-refractivity contribution in [3.63, 3.8) is 0 Å². The Hall–Kier alpha value is -1.96. The van der Waals surface area contributed by atoms with Crippen LogP contribution in [0.4, 0.5) is 8.78 Å². The predicted molar refractivity (Wildman–Crippen MR) is 161 cm³/mol. The van der Waals surface area contributed by atoms with E-state index >= 15 is 8.78 Å². The van der Waals surface area contributed by atoms with E-state index in [2.05, 4.69) is 38.1 Å². The van der Waals surface area contributed by atoms with Crippen LogP contribution in [0.2, 0.25) is 0 Å². The predicted octanol–water partition coefficient (Wildman–Crippen LogP) is 11.9. The summed E-state index contributed by atoms with van der Waals surface area (Å²) in [4.78, 5) is 0. The molecule has 0 aliphatic heterocycles. The lowest BCUT2D eigenvalue weighted by Crippen LogP contribution is -2.14. The highest BCUT2D eigenvalue weighted by Crippen LogP contribution is 2.42. The molecule has 0 nitrogen and oxygen atoms in total. The summed E-state index contributed by atoms with van der Waals surface area (Å²) in [6.07, 6.45) is 21.2. The molecule has 5 rings (SSSR count). The van der Waals surface area contributed by atoms with Gasteiger partial charge in [0.2, 0.25) is 0 Å². The van der Waals surface area contributed by atoms with Gasteiger partial charge in [0.25, 0.3) is 0 Å². The molecule has 0 heterocycles. The van der Waals surface area contributed by atoms with Crippen LogP contribution in [0.25, 0.3) is 5.57 Å². The van der Waals surface area contributed by atoms with E-state index in [1.54, 1.807) is 6.07 Å². The largest absolute Gasteiger partial charge is 0.207 e. The first-order valence-corrected chi connectivity index (χ1v) is 16.3. The zero-order valence-corrected chi connectivity index (χ0v) is 24.5. The van der Waals surface area contributed by atoms with Crippen molar-refractivity contribution >= 4 is 5.57 Å². The first-order valence-electron chi connectivity index (χ1n) is 16.3. The van der Waals surface area contributed by atoms with E-state index < -0.39 is 0 Å². The molecule has 0 bridgehead atoms. The number of benzene rings is 2. The maximum absolute atomic E-state index is 15.3. The van der Waals surface area contributed by atoms with Crippen molar-refractivity contribution in [1.82, 2.24) is 0 Å². The van der Waals surface area contributed by atoms with E-state index in [9.17, 15) is 0 Å². The number of rotatable bonds is 9. The molecule has 3 aliphatic carbocycles. The number of hydrogen-bond donors (Lipinski definition) is 0. The summed E-state index contributed by atoms with van der Waals surface area (Å²) in [6, 6.07) is 12.1. The van der Waals surface area contributed by atoms with Crippen molar-refractivity contribution in [3.05, 3.63) is 76.4 Å². The Morgan fingerprint density at radius 1 is 0.667 bits per heavy atom. The van der Waals surface area contributed by atoms with Gasteiger partial charge in [-0.05, 0) is 140 Å². The number of allylic oxidation sites excluding steroid dienone is 2. The second kappa shape index (κ2) is 13.6. The first kappa shape index (κ1) is 28.6. The molecule has 0 saturated heterocycles. The molecule has 212 valence electrons. The summed E-state index contributed by atoms with van der Waals surface area (Å²) >= 11 is 0. The maximum Gasteiger partial charge on any atom is 0.127 e. The molecule has 0 radical (unpaired) electrons. The van der Waals surface area contributed by atoms with Crippen LogP contribution in [0.3, 0.4) is 0 Å². The maximum atomic E-state index is 15.3. The highest BCUT2D eigenvalue weighted by Gasteiger charge is 2.26. The van der Waals surface area contributed by atoms with Gasteiger partial charge in [-0.25, -0.2) is 8.78 Å². The number of halogens is 2. The van der Waals surface area contributed by atoms with E-state index in [0.717, 1.165) is 60.6 Å². The van der Waals surface area contributed by atoms with Gasteiger partial charge in [0.15, 0.2) is 0 Å². The Balaban J connectivity index is 1.17. The average Bonchev–Trinajstić information content (AvgIpc) is 2.98. The lowest BCUT2D eigenvalue weighted by atomic mass is 9.76. The van der Waals surface area contributed by atoms with Crippen LogP contribution in [0, 0.1) is 23.5 Å². The van der Waals surface area contributed by atoms with E-state index in [1.807, 2.05) is 12.1 Å². The van der Waals surface area contributed by atoms with Crippen molar-refractivity contribution in [2.75, 3.05) is 0 Å². The SMILES string of the molecule is CCCCCC1CCC(c2ccc(C3CC=C(c4ccc(C5CCC(CC)CC5)c(F)c4)CC3)c(F)c2)CC1. The quantitative estimate of drug-likeness (QED) is 0.282. The van der Waals surface area contributed by atoms with Gasteiger partial charge in [-0.3, -0.25) is 0 Å². The molecule has 2 heteroatoms. The average molecular weight is 533 g/mol. The van der Waals surface area contributed by atoms with Crippen molar-refractivity contribution in [2.45, 2.75) is 134 Å². The molecule has 0 amide bonds. The van der Waals surface area contributed by atoms with Crippen LogP contribution < -0.4 is 0 Å². The second-order valence-corrected chi connectivity index (χ2v) is 13.1. The molecule has 2 fully saturated rings. The molecule has 1 atom stereocenters. The van der Waals surface area contributed by atoms with Gasteiger partial charge in [-0.2, -0.15) is 0 Å². The Bertz CT molecular complexity index is 1100.